The molecule has 2 rings (SSSR count). The zero-order valence-electron chi connectivity index (χ0n) is 14.4. The van der Waals surface area contributed by atoms with Crippen molar-refractivity contribution >= 4 is 11.7 Å². The summed E-state index contributed by atoms with van der Waals surface area (Å²) in [5.74, 6) is 0.776. The SMILES string of the molecule is Cc1ccc(OCNC(=O)Nc2c(C)cc(C)cc2C)c(C)c1. The van der Waals surface area contributed by atoms with Gasteiger partial charge in [-0.05, 0) is 57.4 Å². The number of urea groups is 1. The largest absolute Gasteiger partial charge is 0.473 e. The van der Waals surface area contributed by atoms with Crippen LogP contribution < -0.4 is 15.4 Å². The zero-order chi connectivity index (χ0) is 17.0. The molecular weight excluding hydrogens is 288 g/mol. The van der Waals surface area contributed by atoms with Gasteiger partial charge in [0.05, 0.1) is 0 Å². The second-order valence-electron chi connectivity index (χ2n) is 5.96. The van der Waals surface area contributed by atoms with E-state index < -0.39 is 0 Å². The molecule has 0 aromatic heterocycles. The summed E-state index contributed by atoms with van der Waals surface area (Å²) in [5, 5.41) is 5.60. The smallest absolute Gasteiger partial charge is 0.321 e. The van der Waals surface area contributed by atoms with Crippen LogP contribution >= 0.6 is 0 Å². The van der Waals surface area contributed by atoms with Gasteiger partial charge in [0.15, 0.2) is 6.73 Å². The lowest BCUT2D eigenvalue weighted by Gasteiger charge is -2.14. The maximum atomic E-state index is 12.0. The molecule has 2 N–H and O–H groups in total. The zero-order valence-corrected chi connectivity index (χ0v) is 14.4. The Balaban J connectivity index is 1.91. The van der Waals surface area contributed by atoms with Gasteiger partial charge in [0.2, 0.25) is 0 Å². The highest BCUT2D eigenvalue weighted by molar-refractivity contribution is 5.91. The van der Waals surface area contributed by atoms with Crippen molar-refractivity contribution in [1.82, 2.24) is 5.32 Å². The molecule has 0 atom stereocenters. The van der Waals surface area contributed by atoms with E-state index in [9.17, 15) is 4.79 Å². The Labute approximate surface area is 137 Å². The van der Waals surface area contributed by atoms with Gasteiger partial charge in [-0.15, -0.1) is 0 Å². The summed E-state index contributed by atoms with van der Waals surface area (Å²) in [7, 11) is 0. The van der Waals surface area contributed by atoms with Crippen molar-refractivity contribution in [1.29, 1.82) is 0 Å². The second kappa shape index (κ2) is 7.18. The fraction of sp³-hybridized carbons (Fsp3) is 0.316. The predicted molar refractivity (Wildman–Crippen MR) is 94.2 cm³/mol. The summed E-state index contributed by atoms with van der Waals surface area (Å²) in [6.07, 6.45) is 0. The van der Waals surface area contributed by atoms with Crippen molar-refractivity contribution in [3.05, 3.63) is 58.1 Å². The number of hydrogen-bond donors (Lipinski definition) is 2. The molecule has 23 heavy (non-hydrogen) atoms. The number of nitrogens with one attached hydrogen (secondary N) is 2. The first-order valence-electron chi connectivity index (χ1n) is 7.69. The van der Waals surface area contributed by atoms with Crippen LogP contribution in [-0.2, 0) is 0 Å². The number of aryl methyl sites for hydroxylation is 5. The lowest BCUT2D eigenvalue weighted by molar-refractivity contribution is 0.234. The summed E-state index contributed by atoms with van der Waals surface area (Å²) in [5.41, 5.74) is 6.37. The van der Waals surface area contributed by atoms with E-state index in [0.29, 0.717) is 0 Å². The van der Waals surface area contributed by atoms with Crippen molar-refractivity contribution in [3.63, 3.8) is 0 Å². The van der Waals surface area contributed by atoms with Gasteiger partial charge in [0.1, 0.15) is 5.75 Å². The Hall–Kier alpha value is -2.49. The third kappa shape index (κ3) is 4.49. The second-order valence-corrected chi connectivity index (χ2v) is 5.96. The molecule has 122 valence electrons. The van der Waals surface area contributed by atoms with Crippen LogP contribution in [0.1, 0.15) is 27.8 Å². The third-order valence-corrected chi connectivity index (χ3v) is 3.71. The molecule has 0 saturated carbocycles. The number of carbonyl (C=O) groups excluding carboxylic acids is 1. The molecule has 0 heterocycles. The number of carbonyl (C=O) groups is 1. The van der Waals surface area contributed by atoms with Crippen LogP contribution in [-0.4, -0.2) is 12.8 Å². The van der Waals surface area contributed by atoms with E-state index in [1.165, 1.54) is 11.1 Å². The van der Waals surface area contributed by atoms with E-state index >= 15 is 0 Å². The highest BCUT2D eigenvalue weighted by Crippen LogP contribution is 2.22. The molecule has 2 amide bonds. The van der Waals surface area contributed by atoms with Crippen molar-refractivity contribution in [2.45, 2.75) is 34.6 Å². The summed E-state index contributed by atoms with van der Waals surface area (Å²) < 4.78 is 5.61. The molecule has 0 aliphatic carbocycles. The van der Waals surface area contributed by atoms with Gasteiger partial charge in [-0.3, -0.25) is 0 Å². The molecule has 2 aromatic carbocycles. The van der Waals surface area contributed by atoms with Gasteiger partial charge in [-0.1, -0.05) is 35.4 Å². The van der Waals surface area contributed by atoms with E-state index in [1.54, 1.807) is 0 Å². The molecule has 0 unspecified atom stereocenters. The number of ether oxygens (including phenoxy) is 1. The van der Waals surface area contributed by atoms with E-state index in [2.05, 4.69) is 28.8 Å². The monoisotopic (exact) mass is 312 g/mol. The molecule has 4 heteroatoms. The molecule has 2 aromatic rings. The predicted octanol–water partition coefficient (Wildman–Crippen LogP) is 4.39. The quantitative estimate of drug-likeness (QED) is 0.823. The average Bonchev–Trinajstić information content (AvgIpc) is 2.45. The molecule has 0 fully saturated rings. The highest BCUT2D eigenvalue weighted by Gasteiger charge is 2.08. The molecule has 0 radical (unpaired) electrons. The van der Waals surface area contributed by atoms with Crippen LogP contribution in [0.15, 0.2) is 30.3 Å². The molecular formula is C19H24N2O2. The summed E-state index contributed by atoms with van der Waals surface area (Å²) in [6, 6.07) is 9.78. The highest BCUT2D eigenvalue weighted by atomic mass is 16.5. The van der Waals surface area contributed by atoms with Crippen LogP contribution in [0.25, 0.3) is 0 Å². The number of anilines is 1. The summed E-state index contributed by atoms with van der Waals surface area (Å²) >= 11 is 0. The lowest BCUT2D eigenvalue weighted by atomic mass is 10.1. The molecule has 0 aliphatic heterocycles. The topological polar surface area (TPSA) is 50.4 Å². The minimum atomic E-state index is -0.273. The van der Waals surface area contributed by atoms with Crippen LogP contribution in [0.2, 0.25) is 0 Å². The van der Waals surface area contributed by atoms with Gasteiger partial charge >= 0.3 is 6.03 Å². The first kappa shape index (κ1) is 16.9. The first-order chi connectivity index (χ1) is 10.9. The Bertz CT molecular complexity index is 700. The molecule has 0 bridgehead atoms. The van der Waals surface area contributed by atoms with Crippen molar-refractivity contribution < 1.29 is 9.53 Å². The van der Waals surface area contributed by atoms with Crippen LogP contribution in [0, 0.1) is 34.6 Å². The van der Waals surface area contributed by atoms with E-state index in [-0.39, 0.29) is 12.8 Å². The number of amides is 2. The minimum Gasteiger partial charge on any atom is -0.473 e. The van der Waals surface area contributed by atoms with Gasteiger partial charge in [-0.25, -0.2) is 4.79 Å². The van der Waals surface area contributed by atoms with Gasteiger partial charge in [-0.2, -0.15) is 0 Å². The van der Waals surface area contributed by atoms with Crippen LogP contribution in [0.3, 0.4) is 0 Å². The Morgan fingerprint density at radius 2 is 1.52 bits per heavy atom. The van der Waals surface area contributed by atoms with Gasteiger partial charge in [0.25, 0.3) is 0 Å². The standard InChI is InChI=1S/C19H24N2O2/c1-12-6-7-17(14(3)8-12)23-11-20-19(22)21-18-15(4)9-13(2)10-16(18)5/h6-10H,11H2,1-5H3,(H2,20,21,22). The van der Waals surface area contributed by atoms with E-state index in [0.717, 1.165) is 28.1 Å². The molecule has 0 spiro atoms. The number of rotatable bonds is 4. The number of hydrogen-bond acceptors (Lipinski definition) is 2. The fourth-order valence-electron chi connectivity index (χ4n) is 2.68. The number of benzene rings is 2. The lowest BCUT2D eigenvalue weighted by Crippen LogP contribution is -2.32. The Morgan fingerprint density at radius 1 is 0.913 bits per heavy atom. The Morgan fingerprint density at radius 3 is 2.13 bits per heavy atom. The van der Waals surface area contributed by atoms with Crippen LogP contribution in [0.5, 0.6) is 5.75 Å². The first-order valence-corrected chi connectivity index (χ1v) is 7.69. The molecule has 0 saturated heterocycles. The van der Waals surface area contributed by atoms with Crippen molar-refractivity contribution in [2.75, 3.05) is 12.0 Å². The van der Waals surface area contributed by atoms with Crippen molar-refractivity contribution in [3.8, 4) is 5.75 Å². The average molecular weight is 312 g/mol. The van der Waals surface area contributed by atoms with Gasteiger partial charge < -0.3 is 15.4 Å². The minimum absolute atomic E-state index is 0.125. The van der Waals surface area contributed by atoms with E-state index in [1.807, 2.05) is 46.8 Å². The maximum Gasteiger partial charge on any atom is 0.321 e. The maximum absolute atomic E-state index is 12.0. The molecule has 0 aliphatic rings. The third-order valence-electron chi connectivity index (χ3n) is 3.71. The van der Waals surface area contributed by atoms with Crippen LogP contribution in [0.4, 0.5) is 10.5 Å². The van der Waals surface area contributed by atoms with E-state index in [4.69, 9.17) is 4.74 Å². The molecule has 4 nitrogen and oxygen atoms in total. The summed E-state index contributed by atoms with van der Waals surface area (Å²) in [6.45, 7) is 10.2. The fourth-order valence-corrected chi connectivity index (χ4v) is 2.68. The summed E-state index contributed by atoms with van der Waals surface area (Å²) in [4.78, 5) is 12.0. The normalized spacial score (nSPS) is 10.3. The Kier molecular flexibility index (Phi) is 5.27. The van der Waals surface area contributed by atoms with Crippen molar-refractivity contribution in [2.24, 2.45) is 0 Å². The van der Waals surface area contributed by atoms with Gasteiger partial charge in [0, 0.05) is 5.69 Å².